The molecule has 0 aliphatic carbocycles. The lowest BCUT2D eigenvalue weighted by molar-refractivity contribution is 0.122. The molecule has 1 aliphatic rings. The average molecular weight is 372 g/mol. The Kier molecular flexibility index (Phi) is 5.00. The summed E-state index contributed by atoms with van der Waals surface area (Å²) in [6.45, 7) is 3.30. The van der Waals surface area contributed by atoms with E-state index in [4.69, 9.17) is 24.4 Å². The van der Waals surface area contributed by atoms with Crippen LogP contribution in [-0.2, 0) is 21.8 Å². The van der Waals surface area contributed by atoms with Gasteiger partial charge < -0.3 is 14.4 Å². The Bertz CT molecular complexity index is 896. The van der Waals surface area contributed by atoms with Gasteiger partial charge in [-0.1, -0.05) is 0 Å². The number of rotatable bonds is 5. The minimum Gasteiger partial charge on any atom is -0.378 e. The van der Waals surface area contributed by atoms with Crippen molar-refractivity contribution in [1.82, 2.24) is 24.5 Å². The molecule has 0 atom stereocenters. The summed E-state index contributed by atoms with van der Waals surface area (Å²) in [7, 11) is 1.66. The summed E-state index contributed by atoms with van der Waals surface area (Å²) in [5, 5.41) is 0. The summed E-state index contributed by atoms with van der Waals surface area (Å²) in [5.74, 6) is 1.93. The fourth-order valence-electron chi connectivity index (χ4n) is 3.03. The van der Waals surface area contributed by atoms with Crippen LogP contribution < -0.4 is 4.90 Å². The van der Waals surface area contributed by atoms with Crippen LogP contribution in [0, 0.1) is 0 Å². The van der Waals surface area contributed by atoms with Crippen molar-refractivity contribution >= 4 is 29.5 Å². The van der Waals surface area contributed by atoms with Crippen molar-refractivity contribution in [2.24, 2.45) is 0 Å². The second-order valence-corrected chi connectivity index (χ2v) is 6.29. The van der Waals surface area contributed by atoms with E-state index in [9.17, 15) is 0 Å². The van der Waals surface area contributed by atoms with E-state index in [0.717, 1.165) is 41.2 Å². The van der Waals surface area contributed by atoms with E-state index in [1.807, 2.05) is 12.3 Å². The molecular formula is C17H20N6O2S. The summed E-state index contributed by atoms with van der Waals surface area (Å²) < 4.78 is 12.6. The van der Waals surface area contributed by atoms with E-state index in [2.05, 4.69) is 22.5 Å². The van der Waals surface area contributed by atoms with Crippen molar-refractivity contribution in [2.75, 3.05) is 38.3 Å². The maximum Gasteiger partial charge on any atom is 0.237 e. The zero-order valence-corrected chi connectivity index (χ0v) is 15.4. The molecule has 8 nitrogen and oxygen atoms in total. The molecule has 4 rings (SSSR count). The smallest absolute Gasteiger partial charge is 0.237 e. The number of anilines is 1. The van der Waals surface area contributed by atoms with Gasteiger partial charge in [0, 0.05) is 38.3 Å². The minimum atomic E-state index is 0.433. The van der Waals surface area contributed by atoms with Gasteiger partial charge in [-0.2, -0.15) is 17.6 Å². The Balaban J connectivity index is 1.95. The maximum absolute atomic E-state index is 5.49. The molecule has 0 aromatic carbocycles. The summed E-state index contributed by atoms with van der Waals surface area (Å²) in [6.07, 6.45) is 5.23. The molecule has 3 aromatic rings. The normalized spacial score (nSPS) is 14.9. The Morgan fingerprint density at radius 2 is 2.04 bits per heavy atom. The Morgan fingerprint density at radius 3 is 2.73 bits per heavy atom. The number of methoxy groups -OCH3 is 1. The summed E-state index contributed by atoms with van der Waals surface area (Å²) in [4.78, 5) is 20.6. The van der Waals surface area contributed by atoms with Crippen molar-refractivity contribution < 1.29 is 9.47 Å². The molecule has 9 heteroatoms. The van der Waals surface area contributed by atoms with Crippen molar-refractivity contribution in [3.63, 3.8) is 0 Å². The first kappa shape index (κ1) is 17.2. The monoisotopic (exact) mass is 372 g/mol. The average Bonchev–Trinajstić information content (AvgIpc) is 3.22. The van der Waals surface area contributed by atoms with Crippen molar-refractivity contribution in [3.8, 4) is 5.95 Å². The lowest BCUT2D eigenvalue weighted by atomic mass is 10.2. The topological polar surface area (TPSA) is 78.2 Å². The van der Waals surface area contributed by atoms with E-state index >= 15 is 0 Å². The summed E-state index contributed by atoms with van der Waals surface area (Å²) >= 11 is 4.49. The largest absolute Gasteiger partial charge is 0.378 e. The van der Waals surface area contributed by atoms with E-state index in [1.54, 1.807) is 24.2 Å². The number of hydrogen-bond donors (Lipinski definition) is 1. The van der Waals surface area contributed by atoms with Crippen molar-refractivity contribution in [1.29, 1.82) is 0 Å². The SMILES string of the molecule is COCc1cc(CS)c2nc(-n3ccnc3)nc(N3CCOCC3)c2n1. The molecule has 1 fully saturated rings. The van der Waals surface area contributed by atoms with E-state index in [0.29, 0.717) is 31.5 Å². The molecule has 0 amide bonds. The zero-order chi connectivity index (χ0) is 17.9. The third-order valence-electron chi connectivity index (χ3n) is 4.26. The molecule has 3 aromatic heterocycles. The van der Waals surface area contributed by atoms with Gasteiger partial charge in [0.25, 0.3) is 0 Å². The number of thiol groups is 1. The number of nitrogens with zero attached hydrogens (tertiary/aromatic N) is 6. The Morgan fingerprint density at radius 1 is 1.19 bits per heavy atom. The van der Waals surface area contributed by atoms with Gasteiger partial charge in [-0.25, -0.2) is 15.0 Å². The molecule has 1 saturated heterocycles. The van der Waals surface area contributed by atoms with E-state index in [1.165, 1.54) is 0 Å². The van der Waals surface area contributed by atoms with Crippen LogP contribution in [-0.4, -0.2) is 57.9 Å². The number of imidazole rings is 1. The highest BCUT2D eigenvalue weighted by atomic mass is 32.1. The highest BCUT2D eigenvalue weighted by Crippen LogP contribution is 2.28. The Hall–Kier alpha value is -2.23. The van der Waals surface area contributed by atoms with Gasteiger partial charge in [-0.15, -0.1) is 0 Å². The highest BCUT2D eigenvalue weighted by molar-refractivity contribution is 7.79. The molecule has 1 aliphatic heterocycles. The van der Waals surface area contributed by atoms with Crippen LogP contribution >= 0.6 is 12.6 Å². The van der Waals surface area contributed by atoms with Crippen molar-refractivity contribution in [3.05, 3.63) is 36.0 Å². The molecule has 26 heavy (non-hydrogen) atoms. The van der Waals surface area contributed by atoms with Gasteiger partial charge in [0.05, 0.1) is 25.5 Å². The first-order valence-electron chi connectivity index (χ1n) is 8.41. The van der Waals surface area contributed by atoms with E-state index in [-0.39, 0.29) is 0 Å². The lowest BCUT2D eigenvalue weighted by Gasteiger charge is -2.28. The van der Waals surface area contributed by atoms with Crippen LogP contribution in [0.2, 0.25) is 0 Å². The molecule has 0 radical (unpaired) electrons. The number of fused-ring (bicyclic) bond motifs is 1. The van der Waals surface area contributed by atoms with Crippen LogP contribution in [0.5, 0.6) is 0 Å². The maximum atomic E-state index is 5.49. The molecule has 0 N–H and O–H groups in total. The van der Waals surface area contributed by atoms with Gasteiger partial charge >= 0.3 is 0 Å². The van der Waals surface area contributed by atoms with Crippen LogP contribution in [0.1, 0.15) is 11.3 Å². The third kappa shape index (κ3) is 3.25. The second-order valence-electron chi connectivity index (χ2n) is 5.98. The molecule has 0 spiro atoms. The van der Waals surface area contributed by atoms with Gasteiger partial charge in [-0.3, -0.25) is 4.57 Å². The summed E-state index contributed by atoms with van der Waals surface area (Å²) in [6, 6.07) is 1.99. The molecule has 0 bridgehead atoms. The minimum absolute atomic E-state index is 0.433. The highest BCUT2D eigenvalue weighted by Gasteiger charge is 2.21. The van der Waals surface area contributed by atoms with Gasteiger partial charge in [0.2, 0.25) is 5.95 Å². The van der Waals surface area contributed by atoms with Gasteiger partial charge in [0.1, 0.15) is 17.4 Å². The summed E-state index contributed by atoms with van der Waals surface area (Å²) in [5.41, 5.74) is 3.43. The number of morpholine rings is 1. The van der Waals surface area contributed by atoms with Crippen LogP contribution in [0.3, 0.4) is 0 Å². The first-order valence-corrected chi connectivity index (χ1v) is 9.04. The standard InChI is InChI=1S/C17H20N6O2S/c1-24-9-13-8-12(10-26)14-15(19-13)16(22-4-6-25-7-5-22)21-17(20-14)23-3-2-18-11-23/h2-3,8,11,26H,4-7,9-10H2,1H3. The molecule has 136 valence electrons. The quantitative estimate of drug-likeness (QED) is 0.682. The first-order chi connectivity index (χ1) is 12.8. The zero-order valence-electron chi connectivity index (χ0n) is 14.5. The Labute approximate surface area is 156 Å². The lowest BCUT2D eigenvalue weighted by Crippen LogP contribution is -2.37. The number of pyridine rings is 1. The second kappa shape index (κ2) is 7.56. The number of aromatic nitrogens is 5. The fourth-order valence-corrected chi connectivity index (χ4v) is 3.28. The number of ether oxygens (including phenoxy) is 2. The molecule has 0 saturated carbocycles. The predicted octanol–water partition coefficient (Wildman–Crippen LogP) is 1.62. The predicted molar refractivity (Wildman–Crippen MR) is 101 cm³/mol. The molecule has 4 heterocycles. The number of hydrogen-bond acceptors (Lipinski definition) is 8. The van der Waals surface area contributed by atoms with E-state index < -0.39 is 0 Å². The van der Waals surface area contributed by atoms with Gasteiger partial charge in [0.15, 0.2) is 5.82 Å². The fraction of sp³-hybridized carbons (Fsp3) is 0.412. The van der Waals surface area contributed by atoms with Crippen LogP contribution in [0.25, 0.3) is 17.0 Å². The van der Waals surface area contributed by atoms with Crippen LogP contribution in [0.15, 0.2) is 24.8 Å². The molecule has 0 unspecified atom stereocenters. The van der Waals surface area contributed by atoms with Crippen molar-refractivity contribution in [2.45, 2.75) is 12.4 Å². The van der Waals surface area contributed by atoms with Gasteiger partial charge in [-0.05, 0) is 11.6 Å². The molecular weight excluding hydrogens is 352 g/mol. The van der Waals surface area contributed by atoms with Crippen LogP contribution in [0.4, 0.5) is 5.82 Å². The third-order valence-corrected chi connectivity index (χ3v) is 4.60.